The highest BCUT2D eigenvalue weighted by atomic mass is 16.1. The van der Waals surface area contributed by atoms with E-state index in [-0.39, 0.29) is 0 Å². The average Bonchev–Trinajstić information content (AvgIpc) is 2.65. The monoisotopic (exact) mass is 229 g/mol. The summed E-state index contributed by atoms with van der Waals surface area (Å²) in [4.78, 5) is 13.8. The van der Waals surface area contributed by atoms with Gasteiger partial charge in [-0.3, -0.25) is 0 Å². The van der Waals surface area contributed by atoms with Gasteiger partial charge in [0, 0.05) is 0 Å². The van der Waals surface area contributed by atoms with E-state index in [1.165, 1.54) is 44.1 Å². The van der Waals surface area contributed by atoms with Gasteiger partial charge in [-0.2, -0.15) is 0 Å². The number of benzene rings is 1. The van der Waals surface area contributed by atoms with Crippen LogP contribution in [0.3, 0.4) is 0 Å². The molecule has 90 valence electrons. The van der Waals surface area contributed by atoms with Gasteiger partial charge >= 0.3 is 0 Å². The summed E-state index contributed by atoms with van der Waals surface area (Å²) in [5, 5.41) is 0. The van der Waals surface area contributed by atoms with Crippen molar-refractivity contribution in [2.75, 3.05) is 0 Å². The van der Waals surface area contributed by atoms with E-state index in [9.17, 15) is 4.79 Å². The van der Waals surface area contributed by atoms with Crippen LogP contribution < -0.4 is 0 Å². The maximum Gasteiger partial charge on any atom is 0.235 e. The lowest BCUT2D eigenvalue weighted by atomic mass is 9.91. The predicted octanol–water partition coefficient (Wildman–Crippen LogP) is 3.96. The second-order valence-electron chi connectivity index (χ2n) is 4.84. The molecule has 0 heterocycles. The summed E-state index contributed by atoms with van der Waals surface area (Å²) in [5.74, 6) is 0.706. The van der Waals surface area contributed by atoms with Crippen LogP contribution in [0.15, 0.2) is 29.3 Å². The number of hydrogen-bond acceptors (Lipinski definition) is 2. The molecular weight excluding hydrogens is 210 g/mol. The number of hydrogen-bond donors (Lipinski definition) is 0. The van der Waals surface area contributed by atoms with Gasteiger partial charge in [-0.1, -0.05) is 49.9 Å². The van der Waals surface area contributed by atoms with Gasteiger partial charge in [0.15, 0.2) is 0 Å². The van der Waals surface area contributed by atoms with Crippen molar-refractivity contribution in [3.8, 4) is 0 Å². The Kier molecular flexibility index (Phi) is 4.52. The third kappa shape index (κ3) is 3.54. The maximum absolute atomic E-state index is 10.1. The standard InChI is InChI=1S/C15H19NO/c17-12-16-11-13-6-5-9-15(10-13)14-7-3-1-2-4-8-14/h5-6,9-10,14H,1-4,7-8,11H2. The summed E-state index contributed by atoms with van der Waals surface area (Å²) in [6.45, 7) is 0.462. The Labute approximate surface area is 103 Å². The van der Waals surface area contributed by atoms with Crippen molar-refractivity contribution in [3.63, 3.8) is 0 Å². The van der Waals surface area contributed by atoms with Gasteiger partial charge in [0.1, 0.15) is 0 Å². The average molecular weight is 229 g/mol. The molecule has 1 aliphatic carbocycles. The molecule has 2 rings (SSSR count). The molecule has 0 saturated heterocycles. The second-order valence-corrected chi connectivity index (χ2v) is 4.84. The first kappa shape index (κ1) is 12.1. The van der Waals surface area contributed by atoms with Crippen LogP contribution in [-0.2, 0) is 11.3 Å². The van der Waals surface area contributed by atoms with Gasteiger partial charge in [-0.05, 0) is 29.9 Å². The second kappa shape index (κ2) is 6.36. The summed E-state index contributed by atoms with van der Waals surface area (Å²) in [7, 11) is 0. The van der Waals surface area contributed by atoms with E-state index in [4.69, 9.17) is 0 Å². The molecule has 0 bridgehead atoms. The molecule has 2 heteroatoms. The number of isocyanates is 1. The van der Waals surface area contributed by atoms with Crippen molar-refractivity contribution in [1.29, 1.82) is 0 Å². The van der Waals surface area contributed by atoms with Crippen molar-refractivity contribution in [1.82, 2.24) is 0 Å². The summed E-state index contributed by atoms with van der Waals surface area (Å²) >= 11 is 0. The zero-order valence-electron chi connectivity index (χ0n) is 10.2. The molecule has 1 aromatic carbocycles. The third-order valence-electron chi connectivity index (χ3n) is 3.60. The van der Waals surface area contributed by atoms with Crippen LogP contribution in [0.2, 0.25) is 0 Å². The predicted molar refractivity (Wildman–Crippen MR) is 68.7 cm³/mol. The first-order valence-corrected chi connectivity index (χ1v) is 6.52. The Morgan fingerprint density at radius 1 is 1.18 bits per heavy atom. The van der Waals surface area contributed by atoms with E-state index in [2.05, 4.69) is 23.2 Å². The SMILES string of the molecule is O=C=NCc1cccc(C2CCCCCC2)c1. The minimum atomic E-state index is 0.462. The summed E-state index contributed by atoms with van der Waals surface area (Å²) < 4.78 is 0. The fourth-order valence-corrected chi connectivity index (χ4v) is 2.68. The lowest BCUT2D eigenvalue weighted by Gasteiger charge is -2.15. The molecule has 0 amide bonds. The maximum atomic E-state index is 10.1. The van der Waals surface area contributed by atoms with Crippen molar-refractivity contribution in [2.45, 2.75) is 51.0 Å². The van der Waals surface area contributed by atoms with E-state index in [1.54, 1.807) is 6.08 Å². The Morgan fingerprint density at radius 3 is 2.65 bits per heavy atom. The molecule has 17 heavy (non-hydrogen) atoms. The Bertz CT molecular complexity index is 399. The number of carbonyl (C=O) groups excluding carboxylic acids is 1. The zero-order chi connectivity index (χ0) is 11.9. The largest absolute Gasteiger partial charge is 0.235 e. The summed E-state index contributed by atoms with van der Waals surface area (Å²) in [5.41, 5.74) is 2.54. The highest BCUT2D eigenvalue weighted by Gasteiger charge is 2.14. The molecule has 2 nitrogen and oxygen atoms in total. The Hall–Kier alpha value is -1.40. The van der Waals surface area contributed by atoms with E-state index >= 15 is 0 Å². The smallest absolute Gasteiger partial charge is 0.211 e. The molecule has 0 spiro atoms. The first-order valence-electron chi connectivity index (χ1n) is 6.52. The molecule has 0 radical (unpaired) electrons. The molecular formula is C15H19NO. The fraction of sp³-hybridized carbons (Fsp3) is 0.533. The number of aliphatic imine (C=N–C) groups is 1. The Morgan fingerprint density at radius 2 is 1.94 bits per heavy atom. The highest BCUT2D eigenvalue weighted by Crippen LogP contribution is 2.31. The fourth-order valence-electron chi connectivity index (χ4n) is 2.68. The van der Waals surface area contributed by atoms with Gasteiger partial charge in [-0.25, -0.2) is 9.79 Å². The molecule has 1 aliphatic rings. The number of rotatable bonds is 3. The van der Waals surface area contributed by atoms with E-state index in [0.717, 1.165) is 5.56 Å². The van der Waals surface area contributed by atoms with Crippen LogP contribution >= 0.6 is 0 Å². The van der Waals surface area contributed by atoms with Crippen molar-refractivity contribution in [2.24, 2.45) is 4.99 Å². The first-order chi connectivity index (χ1) is 8.40. The van der Waals surface area contributed by atoms with Crippen molar-refractivity contribution < 1.29 is 4.79 Å². The van der Waals surface area contributed by atoms with Crippen LogP contribution in [0.1, 0.15) is 55.6 Å². The third-order valence-corrected chi connectivity index (χ3v) is 3.60. The van der Waals surface area contributed by atoms with Crippen molar-refractivity contribution >= 4 is 6.08 Å². The molecule has 0 N–H and O–H groups in total. The van der Waals surface area contributed by atoms with Crippen LogP contribution in [0.25, 0.3) is 0 Å². The van der Waals surface area contributed by atoms with Gasteiger partial charge in [0.2, 0.25) is 6.08 Å². The highest BCUT2D eigenvalue weighted by molar-refractivity contribution is 5.34. The lowest BCUT2D eigenvalue weighted by Crippen LogP contribution is -1.98. The van der Waals surface area contributed by atoms with Crippen LogP contribution in [-0.4, -0.2) is 6.08 Å². The molecule has 0 atom stereocenters. The van der Waals surface area contributed by atoms with Crippen LogP contribution in [0, 0.1) is 0 Å². The minimum Gasteiger partial charge on any atom is -0.211 e. The van der Waals surface area contributed by atoms with E-state index < -0.39 is 0 Å². The van der Waals surface area contributed by atoms with E-state index in [0.29, 0.717) is 12.5 Å². The van der Waals surface area contributed by atoms with Gasteiger partial charge in [-0.15, -0.1) is 0 Å². The lowest BCUT2D eigenvalue weighted by molar-refractivity contribution is 0.562. The molecule has 0 aliphatic heterocycles. The normalized spacial score (nSPS) is 17.2. The van der Waals surface area contributed by atoms with Crippen molar-refractivity contribution in [3.05, 3.63) is 35.4 Å². The summed E-state index contributed by atoms with van der Waals surface area (Å²) in [6, 6.07) is 8.53. The molecule has 1 fully saturated rings. The molecule has 1 aromatic rings. The summed E-state index contributed by atoms with van der Waals surface area (Å²) in [6.07, 6.45) is 9.67. The molecule has 1 saturated carbocycles. The van der Waals surface area contributed by atoms with Crippen LogP contribution in [0.4, 0.5) is 0 Å². The Balaban J connectivity index is 2.10. The quantitative estimate of drug-likeness (QED) is 0.438. The van der Waals surface area contributed by atoms with Crippen LogP contribution in [0.5, 0.6) is 0 Å². The van der Waals surface area contributed by atoms with Gasteiger partial charge in [0.25, 0.3) is 0 Å². The zero-order valence-corrected chi connectivity index (χ0v) is 10.2. The molecule has 0 unspecified atom stereocenters. The van der Waals surface area contributed by atoms with Gasteiger partial charge < -0.3 is 0 Å². The topological polar surface area (TPSA) is 29.4 Å². The molecule has 0 aromatic heterocycles. The van der Waals surface area contributed by atoms with E-state index in [1.807, 2.05) is 6.07 Å². The number of nitrogens with zero attached hydrogens (tertiary/aromatic N) is 1. The minimum absolute atomic E-state index is 0.462. The van der Waals surface area contributed by atoms with Gasteiger partial charge in [0.05, 0.1) is 6.54 Å².